The SMILES string of the molecule is CCOC(=O)CNC(=O)C1COCC1N. The number of amides is 1. The molecule has 1 amide bonds. The van der Waals surface area contributed by atoms with Crippen LogP contribution in [0.25, 0.3) is 0 Å². The summed E-state index contributed by atoms with van der Waals surface area (Å²) in [5, 5.41) is 2.47. The second-order valence-electron chi connectivity index (χ2n) is 3.33. The van der Waals surface area contributed by atoms with Crippen LogP contribution in [0.3, 0.4) is 0 Å². The zero-order chi connectivity index (χ0) is 11.3. The number of hydrogen-bond donors (Lipinski definition) is 2. The summed E-state index contributed by atoms with van der Waals surface area (Å²) in [6.45, 7) is 2.60. The van der Waals surface area contributed by atoms with Crippen molar-refractivity contribution >= 4 is 11.9 Å². The van der Waals surface area contributed by atoms with Gasteiger partial charge in [-0.15, -0.1) is 0 Å². The fourth-order valence-corrected chi connectivity index (χ4v) is 1.34. The van der Waals surface area contributed by atoms with E-state index in [2.05, 4.69) is 10.1 Å². The summed E-state index contributed by atoms with van der Waals surface area (Å²) in [6, 6.07) is -0.285. The van der Waals surface area contributed by atoms with Gasteiger partial charge in [-0.1, -0.05) is 0 Å². The number of carbonyl (C=O) groups is 2. The topological polar surface area (TPSA) is 90.6 Å². The highest BCUT2D eigenvalue weighted by atomic mass is 16.5. The standard InChI is InChI=1S/C9H16N2O4/c1-2-15-8(12)3-11-9(13)6-4-14-5-7(6)10/h6-7H,2-5,10H2,1H3,(H,11,13). The van der Waals surface area contributed by atoms with Crippen molar-refractivity contribution in [3.63, 3.8) is 0 Å². The molecule has 2 atom stereocenters. The number of hydrogen-bond acceptors (Lipinski definition) is 5. The van der Waals surface area contributed by atoms with Gasteiger partial charge in [-0.2, -0.15) is 0 Å². The van der Waals surface area contributed by atoms with Crippen LogP contribution in [0.5, 0.6) is 0 Å². The van der Waals surface area contributed by atoms with Crippen molar-refractivity contribution in [2.45, 2.75) is 13.0 Å². The first kappa shape index (κ1) is 11.9. The lowest BCUT2D eigenvalue weighted by Gasteiger charge is -2.12. The lowest BCUT2D eigenvalue weighted by Crippen LogP contribution is -2.42. The van der Waals surface area contributed by atoms with Crippen LogP contribution < -0.4 is 11.1 Å². The van der Waals surface area contributed by atoms with Crippen LogP contribution >= 0.6 is 0 Å². The molecule has 0 aromatic rings. The number of nitrogens with two attached hydrogens (primary N) is 1. The Bertz CT molecular complexity index is 244. The molecule has 0 spiro atoms. The van der Waals surface area contributed by atoms with Crippen molar-refractivity contribution in [3.05, 3.63) is 0 Å². The lowest BCUT2D eigenvalue weighted by atomic mass is 10.0. The summed E-state index contributed by atoms with van der Waals surface area (Å²) in [5.41, 5.74) is 5.64. The second kappa shape index (κ2) is 5.67. The van der Waals surface area contributed by atoms with E-state index in [9.17, 15) is 9.59 Å². The molecule has 6 nitrogen and oxygen atoms in total. The average molecular weight is 216 g/mol. The van der Waals surface area contributed by atoms with Crippen LogP contribution in [-0.4, -0.2) is 44.3 Å². The largest absolute Gasteiger partial charge is 0.465 e. The Labute approximate surface area is 88.1 Å². The summed E-state index contributed by atoms with van der Waals surface area (Å²) >= 11 is 0. The number of esters is 1. The van der Waals surface area contributed by atoms with Gasteiger partial charge in [0.2, 0.25) is 5.91 Å². The summed E-state index contributed by atoms with van der Waals surface area (Å²) in [5.74, 6) is -1.06. The van der Waals surface area contributed by atoms with Crippen molar-refractivity contribution in [1.82, 2.24) is 5.32 Å². The molecule has 1 aliphatic heterocycles. The van der Waals surface area contributed by atoms with Gasteiger partial charge in [-0.3, -0.25) is 9.59 Å². The minimum absolute atomic E-state index is 0.115. The van der Waals surface area contributed by atoms with Crippen molar-refractivity contribution in [3.8, 4) is 0 Å². The van der Waals surface area contributed by atoms with Gasteiger partial charge in [0.25, 0.3) is 0 Å². The molecule has 0 bridgehead atoms. The van der Waals surface area contributed by atoms with Crippen molar-refractivity contribution < 1.29 is 19.1 Å². The van der Waals surface area contributed by atoms with E-state index < -0.39 is 5.97 Å². The Kier molecular flexibility index (Phi) is 4.51. The third-order valence-electron chi connectivity index (χ3n) is 2.17. The van der Waals surface area contributed by atoms with E-state index in [4.69, 9.17) is 10.5 Å². The Morgan fingerprint density at radius 1 is 1.53 bits per heavy atom. The molecule has 86 valence electrons. The molecule has 1 fully saturated rings. The predicted molar refractivity (Wildman–Crippen MR) is 51.9 cm³/mol. The van der Waals surface area contributed by atoms with Crippen LogP contribution in [0.15, 0.2) is 0 Å². The Hall–Kier alpha value is -1.14. The molecule has 1 rings (SSSR count). The third kappa shape index (κ3) is 3.49. The maximum atomic E-state index is 11.5. The Balaban J connectivity index is 2.26. The molecule has 1 saturated heterocycles. The predicted octanol–water partition coefficient (Wildman–Crippen LogP) is -1.36. The number of carbonyl (C=O) groups excluding carboxylic acids is 2. The lowest BCUT2D eigenvalue weighted by molar-refractivity contribution is -0.143. The minimum Gasteiger partial charge on any atom is -0.465 e. The fraction of sp³-hybridized carbons (Fsp3) is 0.778. The highest BCUT2D eigenvalue weighted by Crippen LogP contribution is 2.11. The summed E-state index contributed by atoms with van der Waals surface area (Å²) in [4.78, 5) is 22.4. The van der Waals surface area contributed by atoms with E-state index in [1.54, 1.807) is 6.92 Å². The Morgan fingerprint density at radius 3 is 2.80 bits per heavy atom. The summed E-state index contributed by atoms with van der Waals surface area (Å²) in [7, 11) is 0. The highest BCUT2D eigenvalue weighted by Gasteiger charge is 2.31. The van der Waals surface area contributed by atoms with Gasteiger partial charge in [0.05, 0.1) is 25.7 Å². The van der Waals surface area contributed by atoms with E-state index in [1.807, 2.05) is 0 Å². The zero-order valence-electron chi connectivity index (χ0n) is 8.69. The molecule has 0 saturated carbocycles. The van der Waals surface area contributed by atoms with E-state index in [0.29, 0.717) is 19.8 Å². The maximum absolute atomic E-state index is 11.5. The zero-order valence-corrected chi connectivity index (χ0v) is 8.69. The number of nitrogens with one attached hydrogen (secondary N) is 1. The van der Waals surface area contributed by atoms with Gasteiger partial charge < -0.3 is 20.5 Å². The number of rotatable bonds is 4. The average Bonchev–Trinajstić information content (AvgIpc) is 2.61. The molecular formula is C9H16N2O4. The normalized spacial score (nSPS) is 24.9. The van der Waals surface area contributed by atoms with Gasteiger partial charge in [0, 0.05) is 6.04 Å². The monoisotopic (exact) mass is 216 g/mol. The van der Waals surface area contributed by atoms with Crippen molar-refractivity contribution in [1.29, 1.82) is 0 Å². The minimum atomic E-state index is -0.446. The first-order valence-electron chi connectivity index (χ1n) is 4.91. The van der Waals surface area contributed by atoms with E-state index in [0.717, 1.165) is 0 Å². The van der Waals surface area contributed by atoms with Crippen LogP contribution in [0.2, 0.25) is 0 Å². The molecule has 0 aromatic heterocycles. The van der Waals surface area contributed by atoms with Crippen LogP contribution in [0.4, 0.5) is 0 Å². The quantitative estimate of drug-likeness (QED) is 0.566. The summed E-state index contributed by atoms with van der Waals surface area (Å²) < 4.78 is 9.71. The maximum Gasteiger partial charge on any atom is 0.325 e. The van der Waals surface area contributed by atoms with Crippen LogP contribution in [0, 0.1) is 5.92 Å². The molecule has 15 heavy (non-hydrogen) atoms. The van der Waals surface area contributed by atoms with E-state index >= 15 is 0 Å². The fourth-order valence-electron chi connectivity index (χ4n) is 1.34. The van der Waals surface area contributed by atoms with Crippen LogP contribution in [0.1, 0.15) is 6.92 Å². The van der Waals surface area contributed by atoms with Gasteiger partial charge in [-0.25, -0.2) is 0 Å². The van der Waals surface area contributed by atoms with Crippen molar-refractivity contribution in [2.24, 2.45) is 11.7 Å². The molecule has 6 heteroatoms. The number of ether oxygens (including phenoxy) is 2. The second-order valence-corrected chi connectivity index (χ2v) is 3.33. The molecule has 1 aliphatic rings. The highest BCUT2D eigenvalue weighted by molar-refractivity contribution is 5.84. The molecular weight excluding hydrogens is 200 g/mol. The first-order valence-corrected chi connectivity index (χ1v) is 4.91. The molecule has 2 unspecified atom stereocenters. The third-order valence-corrected chi connectivity index (χ3v) is 2.17. The first-order chi connectivity index (χ1) is 7.15. The molecule has 1 heterocycles. The van der Waals surface area contributed by atoms with E-state index in [1.165, 1.54) is 0 Å². The Morgan fingerprint density at radius 2 is 2.27 bits per heavy atom. The van der Waals surface area contributed by atoms with Crippen LogP contribution in [-0.2, 0) is 19.1 Å². The van der Waals surface area contributed by atoms with E-state index in [-0.39, 0.29) is 24.4 Å². The van der Waals surface area contributed by atoms with Gasteiger partial charge in [-0.05, 0) is 6.92 Å². The van der Waals surface area contributed by atoms with Crippen molar-refractivity contribution in [2.75, 3.05) is 26.4 Å². The van der Waals surface area contributed by atoms with Gasteiger partial charge in [0.1, 0.15) is 6.54 Å². The van der Waals surface area contributed by atoms with Gasteiger partial charge in [0.15, 0.2) is 0 Å². The summed E-state index contributed by atoms with van der Waals surface area (Å²) in [6.07, 6.45) is 0. The van der Waals surface area contributed by atoms with Gasteiger partial charge >= 0.3 is 5.97 Å². The molecule has 0 aromatic carbocycles. The molecule has 3 N–H and O–H groups in total. The molecule has 0 radical (unpaired) electrons. The smallest absolute Gasteiger partial charge is 0.325 e. The molecule has 0 aliphatic carbocycles.